The van der Waals surface area contributed by atoms with Crippen molar-refractivity contribution in [3.63, 3.8) is 0 Å². The van der Waals surface area contributed by atoms with Crippen LogP contribution < -0.4 is 5.32 Å². The van der Waals surface area contributed by atoms with E-state index in [1.54, 1.807) is 7.05 Å². The molecule has 0 saturated carbocycles. The van der Waals surface area contributed by atoms with Gasteiger partial charge in [0.25, 0.3) is 0 Å². The smallest absolute Gasteiger partial charge is 0.323 e. The van der Waals surface area contributed by atoms with Gasteiger partial charge >= 0.3 is 5.97 Å². The first-order valence-electron chi connectivity index (χ1n) is 4.31. The minimum absolute atomic E-state index is 0. The van der Waals surface area contributed by atoms with Gasteiger partial charge in [0, 0.05) is 0 Å². The molecular formula is C9H20ClNO2. The van der Waals surface area contributed by atoms with E-state index in [9.17, 15) is 4.79 Å². The highest BCUT2D eigenvalue weighted by molar-refractivity contribution is 5.85. The summed E-state index contributed by atoms with van der Waals surface area (Å²) >= 11 is 0. The molecule has 0 aromatic heterocycles. The second-order valence-electron chi connectivity index (χ2n) is 3.78. The number of esters is 1. The van der Waals surface area contributed by atoms with Gasteiger partial charge in [-0.3, -0.25) is 4.79 Å². The van der Waals surface area contributed by atoms with Gasteiger partial charge in [-0.1, -0.05) is 6.92 Å². The first-order valence-corrected chi connectivity index (χ1v) is 4.31. The van der Waals surface area contributed by atoms with Crippen LogP contribution in [0.1, 0.15) is 34.1 Å². The molecule has 13 heavy (non-hydrogen) atoms. The molecule has 0 saturated heterocycles. The van der Waals surface area contributed by atoms with Gasteiger partial charge in [-0.05, 0) is 34.2 Å². The lowest BCUT2D eigenvalue weighted by Crippen LogP contribution is -2.38. The van der Waals surface area contributed by atoms with Crippen molar-refractivity contribution in [3.8, 4) is 0 Å². The largest absolute Gasteiger partial charge is 0.459 e. The van der Waals surface area contributed by atoms with E-state index in [2.05, 4.69) is 5.32 Å². The predicted molar refractivity (Wildman–Crippen MR) is 56.2 cm³/mol. The summed E-state index contributed by atoms with van der Waals surface area (Å²) in [4.78, 5) is 11.3. The molecule has 1 atom stereocenters. The van der Waals surface area contributed by atoms with E-state index >= 15 is 0 Å². The number of carbonyl (C=O) groups excluding carboxylic acids is 1. The number of nitrogens with one attached hydrogen (secondary N) is 1. The van der Waals surface area contributed by atoms with Gasteiger partial charge < -0.3 is 10.1 Å². The molecule has 0 radical (unpaired) electrons. The summed E-state index contributed by atoms with van der Waals surface area (Å²) in [5.74, 6) is -0.174. The molecule has 80 valence electrons. The molecule has 0 amide bonds. The van der Waals surface area contributed by atoms with Crippen LogP contribution in [0.4, 0.5) is 0 Å². The summed E-state index contributed by atoms with van der Waals surface area (Å²) < 4.78 is 5.18. The summed E-state index contributed by atoms with van der Waals surface area (Å²) in [7, 11) is 1.76. The molecule has 0 aliphatic rings. The summed E-state index contributed by atoms with van der Waals surface area (Å²) in [5, 5.41) is 2.90. The molecule has 4 heteroatoms. The normalized spacial score (nSPS) is 13.0. The molecule has 0 aliphatic carbocycles. The van der Waals surface area contributed by atoms with Crippen molar-refractivity contribution in [1.29, 1.82) is 0 Å². The zero-order chi connectivity index (χ0) is 9.78. The van der Waals surface area contributed by atoms with Crippen LogP contribution in [0.3, 0.4) is 0 Å². The fraction of sp³-hybridized carbons (Fsp3) is 0.889. The maximum atomic E-state index is 11.3. The summed E-state index contributed by atoms with van der Waals surface area (Å²) in [5.41, 5.74) is -0.388. The maximum Gasteiger partial charge on any atom is 0.323 e. The predicted octanol–water partition coefficient (Wildman–Crippen LogP) is 1.75. The molecule has 0 bridgehead atoms. The van der Waals surface area contributed by atoms with E-state index in [1.165, 1.54) is 0 Å². The average molecular weight is 210 g/mol. The molecule has 1 N–H and O–H groups in total. The van der Waals surface area contributed by atoms with Gasteiger partial charge in [-0.25, -0.2) is 0 Å². The number of ether oxygens (including phenoxy) is 1. The van der Waals surface area contributed by atoms with Gasteiger partial charge in [0.1, 0.15) is 11.6 Å². The number of halogens is 1. The average Bonchev–Trinajstić information content (AvgIpc) is 1.85. The fourth-order valence-electron chi connectivity index (χ4n) is 0.862. The van der Waals surface area contributed by atoms with E-state index < -0.39 is 0 Å². The topological polar surface area (TPSA) is 38.3 Å². The van der Waals surface area contributed by atoms with Gasteiger partial charge in [0.2, 0.25) is 0 Å². The quantitative estimate of drug-likeness (QED) is 0.720. The Hall–Kier alpha value is -0.280. The lowest BCUT2D eigenvalue weighted by molar-refractivity contribution is -0.157. The number of hydrogen-bond donors (Lipinski definition) is 1. The molecule has 0 aromatic carbocycles. The van der Waals surface area contributed by atoms with Gasteiger partial charge in [0.05, 0.1) is 0 Å². The Labute approximate surface area is 86.6 Å². The number of rotatable bonds is 3. The number of carbonyl (C=O) groups is 1. The Morgan fingerprint density at radius 3 is 2.15 bits per heavy atom. The molecular weight excluding hydrogens is 190 g/mol. The monoisotopic (exact) mass is 209 g/mol. The second-order valence-corrected chi connectivity index (χ2v) is 3.78. The van der Waals surface area contributed by atoms with Gasteiger partial charge in [-0.15, -0.1) is 12.4 Å². The Morgan fingerprint density at radius 1 is 1.46 bits per heavy atom. The van der Waals surface area contributed by atoms with Crippen molar-refractivity contribution >= 4 is 18.4 Å². The van der Waals surface area contributed by atoms with Crippen molar-refractivity contribution < 1.29 is 9.53 Å². The van der Waals surface area contributed by atoms with Crippen LogP contribution in [-0.2, 0) is 9.53 Å². The molecule has 0 aliphatic heterocycles. The van der Waals surface area contributed by atoms with Crippen LogP contribution in [-0.4, -0.2) is 24.7 Å². The highest BCUT2D eigenvalue weighted by Gasteiger charge is 2.21. The Bertz CT molecular complexity index is 150. The van der Waals surface area contributed by atoms with E-state index in [4.69, 9.17) is 4.74 Å². The van der Waals surface area contributed by atoms with Crippen LogP contribution >= 0.6 is 12.4 Å². The van der Waals surface area contributed by atoms with Crippen LogP contribution in [0.15, 0.2) is 0 Å². The highest BCUT2D eigenvalue weighted by Crippen LogP contribution is 2.09. The third-order valence-corrected chi connectivity index (χ3v) is 1.45. The standard InChI is InChI=1S/C9H19NO2.ClH/c1-6-7(10-5)8(11)12-9(2,3)4;/h7,10H,6H2,1-5H3;1H/t7-;/m0./s1. The van der Waals surface area contributed by atoms with Crippen LogP contribution in [0.25, 0.3) is 0 Å². The van der Waals surface area contributed by atoms with E-state index in [0.717, 1.165) is 6.42 Å². The molecule has 0 spiro atoms. The van der Waals surface area contributed by atoms with Crippen molar-refractivity contribution in [3.05, 3.63) is 0 Å². The lowest BCUT2D eigenvalue weighted by atomic mass is 10.2. The third kappa shape index (κ3) is 6.84. The minimum atomic E-state index is -0.388. The zero-order valence-electron chi connectivity index (χ0n) is 9.01. The van der Waals surface area contributed by atoms with Crippen LogP contribution in [0.2, 0.25) is 0 Å². The molecule has 3 nitrogen and oxygen atoms in total. The van der Waals surface area contributed by atoms with Gasteiger partial charge in [-0.2, -0.15) is 0 Å². The maximum absolute atomic E-state index is 11.3. The lowest BCUT2D eigenvalue weighted by Gasteiger charge is -2.22. The van der Waals surface area contributed by atoms with E-state index in [-0.39, 0.29) is 30.0 Å². The van der Waals surface area contributed by atoms with Crippen LogP contribution in [0.5, 0.6) is 0 Å². The molecule has 0 fully saturated rings. The van der Waals surface area contributed by atoms with Crippen molar-refractivity contribution in [2.75, 3.05) is 7.05 Å². The molecule has 0 heterocycles. The molecule has 0 rings (SSSR count). The number of hydrogen-bond acceptors (Lipinski definition) is 3. The number of likely N-dealkylation sites (N-methyl/N-ethyl adjacent to an activating group) is 1. The summed E-state index contributed by atoms with van der Waals surface area (Å²) in [6.45, 7) is 7.55. The molecule has 0 unspecified atom stereocenters. The highest BCUT2D eigenvalue weighted by atomic mass is 35.5. The zero-order valence-corrected chi connectivity index (χ0v) is 9.83. The first kappa shape index (κ1) is 15.2. The Balaban J connectivity index is 0. The minimum Gasteiger partial charge on any atom is -0.459 e. The van der Waals surface area contributed by atoms with Gasteiger partial charge in [0.15, 0.2) is 0 Å². The SMILES string of the molecule is CC[C@H](NC)C(=O)OC(C)(C)C.Cl. The van der Waals surface area contributed by atoms with Crippen LogP contribution in [0, 0.1) is 0 Å². The van der Waals surface area contributed by atoms with E-state index in [0.29, 0.717) is 0 Å². The van der Waals surface area contributed by atoms with Crippen molar-refractivity contribution in [2.24, 2.45) is 0 Å². The second kappa shape index (κ2) is 6.22. The summed E-state index contributed by atoms with van der Waals surface area (Å²) in [6, 6.07) is -0.177. The fourth-order valence-corrected chi connectivity index (χ4v) is 0.862. The van der Waals surface area contributed by atoms with E-state index in [1.807, 2.05) is 27.7 Å². The molecule has 0 aromatic rings. The van der Waals surface area contributed by atoms with Crippen molar-refractivity contribution in [2.45, 2.75) is 45.8 Å². The van der Waals surface area contributed by atoms with Crippen molar-refractivity contribution in [1.82, 2.24) is 5.32 Å². The first-order chi connectivity index (χ1) is 5.40. The Kier molecular flexibility index (Phi) is 7.27. The third-order valence-electron chi connectivity index (χ3n) is 1.45. The summed E-state index contributed by atoms with van der Waals surface area (Å²) in [6.07, 6.45) is 0.755. The Morgan fingerprint density at radius 2 is 1.92 bits per heavy atom.